The van der Waals surface area contributed by atoms with Crippen molar-refractivity contribution in [3.8, 4) is 0 Å². The van der Waals surface area contributed by atoms with Crippen molar-refractivity contribution in [1.82, 2.24) is 0 Å². The van der Waals surface area contributed by atoms with Gasteiger partial charge >= 0.3 is 5.97 Å². The third kappa shape index (κ3) is 3.72. The summed E-state index contributed by atoms with van der Waals surface area (Å²) in [7, 11) is 1.31. The number of methoxy groups -OCH3 is 1. The standard InChI is InChI=1S/C14H20FNO2/c1-4-6-11(5-2)16-13-9-10(14(17)18-3)7-8-12(13)15/h7-9,11,16H,4-6H2,1-3H3. The number of benzene rings is 1. The van der Waals surface area contributed by atoms with Crippen LogP contribution in [-0.2, 0) is 4.74 Å². The molecule has 1 atom stereocenters. The second kappa shape index (κ2) is 6.99. The molecule has 0 spiro atoms. The molecule has 0 saturated carbocycles. The maximum absolute atomic E-state index is 13.7. The highest BCUT2D eigenvalue weighted by molar-refractivity contribution is 5.90. The zero-order valence-corrected chi connectivity index (χ0v) is 11.1. The van der Waals surface area contributed by atoms with Crippen LogP contribution in [0.2, 0.25) is 0 Å². The van der Waals surface area contributed by atoms with E-state index in [2.05, 4.69) is 23.9 Å². The molecule has 1 N–H and O–H groups in total. The van der Waals surface area contributed by atoms with Crippen LogP contribution in [0.1, 0.15) is 43.5 Å². The molecule has 1 rings (SSSR count). The minimum absolute atomic E-state index is 0.220. The molecule has 0 amide bonds. The number of halogens is 1. The monoisotopic (exact) mass is 253 g/mol. The minimum atomic E-state index is -0.457. The largest absolute Gasteiger partial charge is 0.465 e. The molecular formula is C14H20FNO2. The molecule has 0 aliphatic carbocycles. The second-order valence-corrected chi connectivity index (χ2v) is 4.22. The van der Waals surface area contributed by atoms with Crippen LogP contribution in [0.15, 0.2) is 18.2 Å². The fraction of sp³-hybridized carbons (Fsp3) is 0.500. The van der Waals surface area contributed by atoms with Crippen LogP contribution < -0.4 is 5.32 Å². The van der Waals surface area contributed by atoms with E-state index in [-0.39, 0.29) is 11.9 Å². The lowest BCUT2D eigenvalue weighted by Gasteiger charge is -2.18. The summed E-state index contributed by atoms with van der Waals surface area (Å²) in [6, 6.07) is 4.43. The van der Waals surface area contributed by atoms with Gasteiger partial charge in [0, 0.05) is 6.04 Å². The first-order valence-electron chi connectivity index (χ1n) is 6.26. The zero-order chi connectivity index (χ0) is 13.5. The molecule has 3 nitrogen and oxygen atoms in total. The Labute approximate surface area is 107 Å². The zero-order valence-electron chi connectivity index (χ0n) is 11.1. The van der Waals surface area contributed by atoms with Gasteiger partial charge in [0.15, 0.2) is 0 Å². The van der Waals surface area contributed by atoms with Crippen LogP contribution in [0, 0.1) is 5.82 Å². The number of carbonyl (C=O) groups is 1. The predicted octanol–water partition coefficient (Wildman–Crippen LogP) is 3.60. The molecule has 1 unspecified atom stereocenters. The van der Waals surface area contributed by atoms with E-state index in [1.165, 1.54) is 25.3 Å². The van der Waals surface area contributed by atoms with Crippen LogP contribution >= 0.6 is 0 Å². The van der Waals surface area contributed by atoms with E-state index < -0.39 is 5.97 Å². The number of rotatable bonds is 6. The Morgan fingerprint density at radius 2 is 2.17 bits per heavy atom. The molecule has 100 valence electrons. The summed E-state index contributed by atoms with van der Waals surface area (Å²) < 4.78 is 18.3. The van der Waals surface area contributed by atoms with Gasteiger partial charge in [0.2, 0.25) is 0 Å². The quantitative estimate of drug-likeness (QED) is 0.787. The molecule has 0 heterocycles. The predicted molar refractivity (Wildman–Crippen MR) is 70.3 cm³/mol. The second-order valence-electron chi connectivity index (χ2n) is 4.22. The molecule has 1 aromatic rings. The SMILES string of the molecule is CCCC(CC)Nc1cc(C(=O)OC)ccc1F. The first-order chi connectivity index (χ1) is 8.62. The summed E-state index contributed by atoms with van der Waals surface area (Å²) in [4.78, 5) is 11.4. The highest BCUT2D eigenvalue weighted by Gasteiger charge is 2.12. The van der Waals surface area contributed by atoms with Crippen LogP contribution in [0.3, 0.4) is 0 Å². The first-order valence-corrected chi connectivity index (χ1v) is 6.26. The highest BCUT2D eigenvalue weighted by atomic mass is 19.1. The van der Waals surface area contributed by atoms with E-state index in [1.54, 1.807) is 0 Å². The third-order valence-electron chi connectivity index (χ3n) is 2.88. The Bertz CT molecular complexity index is 407. The number of esters is 1. The van der Waals surface area contributed by atoms with E-state index in [0.29, 0.717) is 11.3 Å². The molecule has 1 aromatic carbocycles. The Hall–Kier alpha value is -1.58. The molecule has 0 aromatic heterocycles. The van der Waals surface area contributed by atoms with E-state index in [1.807, 2.05) is 0 Å². The van der Waals surface area contributed by atoms with Gasteiger partial charge in [-0.15, -0.1) is 0 Å². The topological polar surface area (TPSA) is 38.3 Å². The molecule has 0 aliphatic rings. The summed E-state index contributed by atoms with van der Waals surface area (Å²) in [6.07, 6.45) is 2.91. The van der Waals surface area contributed by atoms with E-state index in [4.69, 9.17) is 0 Å². The van der Waals surface area contributed by atoms with Gasteiger partial charge in [-0.05, 0) is 31.0 Å². The molecule has 0 aliphatic heterocycles. The Kier molecular flexibility index (Phi) is 5.62. The molecule has 0 saturated heterocycles. The Morgan fingerprint density at radius 3 is 2.72 bits per heavy atom. The molecule has 0 fully saturated rings. The number of anilines is 1. The van der Waals surface area contributed by atoms with Crippen LogP contribution in [0.5, 0.6) is 0 Å². The smallest absolute Gasteiger partial charge is 0.337 e. The third-order valence-corrected chi connectivity index (χ3v) is 2.88. The lowest BCUT2D eigenvalue weighted by molar-refractivity contribution is 0.0600. The number of carbonyl (C=O) groups excluding carboxylic acids is 1. The molecule has 0 bridgehead atoms. The van der Waals surface area contributed by atoms with E-state index in [0.717, 1.165) is 19.3 Å². The summed E-state index contributed by atoms with van der Waals surface area (Å²) in [5.74, 6) is -0.807. The molecule has 0 radical (unpaired) electrons. The van der Waals surface area contributed by atoms with Gasteiger partial charge in [-0.2, -0.15) is 0 Å². The maximum atomic E-state index is 13.7. The lowest BCUT2D eigenvalue weighted by Crippen LogP contribution is -2.19. The van der Waals surface area contributed by atoms with Crippen molar-refractivity contribution >= 4 is 11.7 Å². The number of hydrogen-bond donors (Lipinski definition) is 1. The van der Waals surface area contributed by atoms with Crippen molar-refractivity contribution < 1.29 is 13.9 Å². The average Bonchev–Trinajstić information content (AvgIpc) is 2.39. The van der Waals surface area contributed by atoms with Crippen LogP contribution in [0.25, 0.3) is 0 Å². The Balaban J connectivity index is 2.89. The average molecular weight is 253 g/mol. The highest BCUT2D eigenvalue weighted by Crippen LogP contribution is 2.19. The molecule has 4 heteroatoms. The van der Waals surface area contributed by atoms with Gasteiger partial charge in [0.05, 0.1) is 18.4 Å². The van der Waals surface area contributed by atoms with Crippen molar-refractivity contribution in [1.29, 1.82) is 0 Å². The van der Waals surface area contributed by atoms with Gasteiger partial charge in [0.25, 0.3) is 0 Å². The van der Waals surface area contributed by atoms with Gasteiger partial charge in [-0.3, -0.25) is 0 Å². The molecule has 18 heavy (non-hydrogen) atoms. The van der Waals surface area contributed by atoms with Gasteiger partial charge in [0.1, 0.15) is 5.82 Å². The summed E-state index contributed by atoms with van der Waals surface area (Å²) in [5.41, 5.74) is 0.714. The van der Waals surface area contributed by atoms with Gasteiger partial charge in [-0.1, -0.05) is 20.3 Å². The minimum Gasteiger partial charge on any atom is -0.465 e. The van der Waals surface area contributed by atoms with Crippen molar-refractivity contribution in [3.63, 3.8) is 0 Å². The van der Waals surface area contributed by atoms with E-state index in [9.17, 15) is 9.18 Å². The first kappa shape index (κ1) is 14.5. The van der Waals surface area contributed by atoms with Gasteiger partial charge in [-0.25, -0.2) is 9.18 Å². The molecular weight excluding hydrogens is 233 g/mol. The van der Waals surface area contributed by atoms with Crippen LogP contribution in [-0.4, -0.2) is 19.1 Å². The van der Waals surface area contributed by atoms with Crippen LogP contribution in [0.4, 0.5) is 10.1 Å². The fourth-order valence-electron chi connectivity index (χ4n) is 1.83. The Morgan fingerprint density at radius 1 is 1.44 bits per heavy atom. The summed E-state index contributed by atoms with van der Waals surface area (Å²) >= 11 is 0. The number of ether oxygens (including phenoxy) is 1. The lowest BCUT2D eigenvalue weighted by atomic mass is 10.1. The fourth-order valence-corrected chi connectivity index (χ4v) is 1.83. The summed E-state index contributed by atoms with van der Waals surface area (Å²) in [5, 5.41) is 3.13. The van der Waals surface area contributed by atoms with Crippen molar-refractivity contribution in [2.75, 3.05) is 12.4 Å². The normalized spacial score (nSPS) is 12.0. The van der Waals surface area contributed by atoms with Crippen molar-refractivity contribution in [3.05, 3.63) is 29.6 Å². The maximum Gasteiger partial charge on any atom is 0.337 e. The number of nitrogens with one attached hydrogen (secondary N) is 1. The van der Waals surface area contributed by atoms with Crippen molar-refractivity contribution in [2.24, 2.45) is 0 Å². The summed E-state index contributed by atoms with van der Waals surface area (Å²) in [6.45, 7) is 4.14. The number of hydrogen-bond acceptors (Lipinski definition) is 3. The van der Waals surface area contributed by atoms with Crippen molar-refractivity contribution in [2.45, 2.75) is 39.2 Å². The van der Waals surface area contributed by atoms with E-state index >= 15 is 0 Å². The van der Waals surface area contributed by atoms with Gasteiger partial charge < -0.3 is 10.1 Å².